The van der Waals surface area contributed by atoms with Crippen molar-refractivity contribution in [1.29, 1.82) is 0 Å². The molecule has 1 aromatic carbocycles. The van der Waals surface area contributed by atoms with Gasteiger partial charge >= 0.3 is 0 Å². The van der Waals surface area contributed by atoms with Gasteiger partial charge in [-0.05, 0) is 69.4 Å². The maximum absolute atomic E-state index is 14.7. The fourth-order valence-electron chi connectivity index (χ4n) is 5.02. The zero-order valence-corrected chi connectivity index (χ0v) is 18.6. The molecule has 2 fully saturated rings. The Bertz CT molecular complexity index is 758. The van der Waals surface area contributed by atoms with Gasteiger partial charge in [-0.1, -0.05) is 18.1 Å². The summed E-state index contributed by atoms with van der Waals surface area (Å²) in [6.07, 6.45) is 8.45. The number of benzene rings is 1. The molecule has 0 radical (unpaired) electrons. The molecule has 1 heterocycles. The first-order chi connectivity index (χ1) is 14.6. The predicted molar refractivity (Wildman–Crippen MR) is 120 cm³/mol. The predicted octanol–water partition coefficient (Wildman–Crippen LogP) is 5.32. The molecule has 2 atom stereocenters. The number of nitrogens with zero attached hydrogens (tertiary/aromatic N) is 1. The molecule has 5 heteroatoms. The first kappa shape index (κ1) is 21.6. The van der Waals surface area contributed by atoms with Crippen molar-refractivity contribution in [3.63, 3.8) is 0 Å². The molecule has 1 N–H and O–H groups in total. The maximum Gasteiger partial charge on any atom is 0.146 e. The van der Waals surface area contributed by atoms with E-state index in [4.69, 9.17) is 9.47 Å². The second-order valence-corrected chi connectivity index (χ2v) is 9.41. The SMILES string of the molecule is Cc1cc(F)c(NCC2=C(CN3CCOCC3)CCCC2)cc1OC1CCC(C)C1. The van der Waals surface area contributed by atoms with E-state index in [1.807, 2.05) is 13.0 Å². The Morgan fingerprint density at radius 3 is 2.63 bits per heavy atom. The molecule has 0 bridgehead atoms. The maximum atomic E-state index is 14.7. The second-order valence-electron chi connectivity index (χ2n) is 9.41. The summed E-state index contributed by atoms with van der Waals surface area (Å²) in [7, 11) is 0. The lowest BCUT2D eigenvalue weighted by molar-refractivity contribution is 0.0417. The van der Waals surface area contributed by atoms with Gasteiger partial charge in [-0.2, -0.15) is 0 Å². The monoisotopic (exact) mass is 416 g/mol. The van der Waals surface area contributed by atoms with Crippen molar-refractivity contribution >= 4 is 5.69 Å². The van der Waals surface area contributed by atoms with E-state index in [9.17, 15) is 4.39 Å². The van der Waals surface area contributed by atoms with Crippen LogP contribution in [-0.2, 0) is 4.74 Å². The van der Waals surface area contributed by atoms with Gasteiger partial charge in [0.2, 0.25) is 0 Å². The van der Waals surface area contributed by atoms with Gasteiger partial charge in [0.15, 0.2) is 0 Å². The smallest absolute Gasteiger partial charge is 0.146 e. The van der Waals surface area contributed by atoms with Crippen molar-refractivity contribution in [3.8, 4) is 5.75 Å². The van der Waals surface area contributed by atoms with E-state index in [0.29, 0.717) is 5.69 Å². The Balaban J connectivity index is 1.42. The summed E-state index contributed by atoms with van der Waals surface area (Å²) in [4.78, 5) is 2.49. The molecule has 0 amide bonds. The molecule has 3 aliphatic rings. The van der Waals surface area contributed by atoms with E-state index in [-0.39, 0.29) is 11.9 Å². The lowest BCUT2D eigenvalue weighted by atomic mass is 9.91. The summed E-state index contributed by atoms with van der Waals surface area (Å²) in [5, 5.41) is 3.40. The molecule has 0 aromatic heterocycles. The van der Waals surface area contributed by atoms with Crippen LogP contribution in [0.3, 0.4) is 0 Å². The minimum absolute atomic E-state index is 0.189. The minimum atomic E-state index is -0.189. The summed E-state index contributed by atoms with van der Waals surface area (Å²) in [6, 6.07) is 3.48. The summed E-state index contributed by atoms with van der Waals surface area (Å²) in [5.74, 6) is 1.35. The van der Waals surface area contributed by atoms with Crippen LogP contribution in [0.25, 0.3) is 0 Å². The number of rotatable bonds is 7. The summed E-state index contributed by atoms with van der Waals surface area (Å²) >= 11 is 0. The van der Waals surface area contributed by atoms with Crippen LogP contribution in [-0.4, -0.2) is 50.4 Å². The minimum Gasteiger partial charge on any atom is -0.490 e. The topological polar surface area (TPSA) is 33.7 Å². The molecule has 1 saturated carbocycles. The Morgan fingerprint density at radius 2 is 1.90 bits per heavy atom. The number of hydrogen-bond donors (Lipinski definition) is 1. The molecular weight excluding hydrogens is 379 g/mol. The van der Waals surface area contributed by atoms with Gasteiger partial charge in [-0.3, -0.25) is 4.90 Å². The lowest BCUT2D eigenvalue weighted by Crippen LogP contribution is -2.38. The molecule has 166 valence electrons. The number of morpholine rings is 1. The molecule has 2 aliphatic carbocycles. The van der Waals surface area contributed by atoms with Crippen LogP contribution in [0.4, 0.5) is 10.1 Å². The third-order valence-corrected chi connectivity index (χ3v) is 6.92. The average molecular weight is 417 g/mol. The molecule has 1 aliphatic heterocycles. The van der Waals surface area contributed by atoms with Crippen LogP contribution in [0.5, 0.6) is 5.75 Å². The molecule has 1 saturated heterocycles. The highest BCUT2D eigenvalue weighted by atomic mass is 19.1. The molecule has 4 rings (SSSR count). The van der Waals surface area contributed by atoms with Crippen molar-refractivity contribution < 1.29 is 13.9 Å². The van der Waals surface area contributed by atoms with Crippen LogP contribution in [0.15, 0.2) is 23.3 Å². The van der Waals surface area contributed by atoms with E-state index in [2.05, 4.69) is 17.1 Å². The summed E-state index contributed by atoms with van der Waals surface area (Å²) in [5.41, 5.74) is 4.44. The van der Waals surface area contributed by atoms with Crippen LogP contribution >= 0.6 is 0 Å². The van der Waals surface area contributed by atoms with Crippen molar-refractivity contribution in [2.45, 2.75) is 64.9 Å². The Labute approximate surface area is 180 Å². The highest BCUT2D eigenvalue weighted by molar-refractivity contribution is 5.53. The quantitative estimate of drug-likeness (QED) is 0.610. The largest absolute Gasteiger partial charge is 0.490 e. The summed E-state index contributed by atoms with van der Waals surface area (Å²) < 4.78 is 26.4. The molecule has 4 nitrogen and oxygen atoms in total. The van der Waals surface area contributed by atoms with E-state index >= 15 is 0 Å². The average Bonchev–Trinajstić information content (AvgIpc) is 3.15. The molecule has 2 unspecified atom stereocenters. The van der Waals surface area contributed by atoms with Crippen LogP contribution in [0, 0.1) is 18.7 Å². The number of nitrogens with one attached hydrogen (secondary N) is 1. The lowest BCUT2D eigenvalue weighted by Gasteiger charge is -2.30. The van der Waals surface area contributed by atoms with Gasteiger partial charge in [0.1, 0.15) is 11.6 Å². The van der Waals surface area contributed by atoms with E-state index in [1.54, 1.807) is 11.6 Å². The van der Waals surface area contributed by atoms with Crippen LogP contribution < -0.4 is 10.1 Å². The van der Waals surface area contributed by atoms with E-state index in [1.165, 1.54) is 31.3 Å². The van der Waals surface area contributed by atoms with Gasteiger partial charge in [0.25, 0.3) is 0 Å². The van der Waals surface area contributed by atoms with E-state index in [0.717, 1.165) is 75.9 Å². The first-order valence-corrected chi connectivity index (χ1v) is 11.8. The normalized spacial score (nSPS) is 25.6. The fraction of sp³-hybridized carbons (Fsp3) is 0.680. The fourth-order valence-corrected chi connectivity index (χ4v) is 5.02. The van der Waals surface area contributed by atoms with Crippen LogP contribution in [0.1, 0.15) is 57.4 Å². The van der Waals surface area contributed by atoms with Crippen molar-refractivity contribution in [2.75, 3.05) is 44.7 Å². The van der Waals surface area contributed by atoms with Gasteiger partial charge < -0.3 is 14.8 Å². The number of ether oxygens (including phenoxy) is 2. The Kier molecular flexibility index (Phi) is 7.32. The molecule has 30 heavy (non-hydrogen) atoms. The molecule has 1 aromatic rings. The molecule has 0 spiro atoms. The third-order valence-electron chi connectivity index (χ3n) is 6.92. The zero-order chi connectivity index (χ0) is 20.9. The molecular formula is C25H37FN2O2. The van der Waals surface area contributed by atoms with Crippen molar-refractivity contribution in [3.05, 3.63) is 34.7 Å². The van der Waals surface area contributed by atoms with Crippen molar-refractivity contribution in [2.24, 2.45) is 5.92 Å². The first-order valence-electron chi connectivity index (χ1n) is 11.8. The highest BCUT2D eigenvalue weighted by Crippen LogP contribution is 2.33. The van der Waals surface area contributed by atoms with E-state index < -0.39 is 0 Å². The number of halogens is 1. The number of hydrogen-bond acceptors (Lipinski definition) is 4. The number of anilines is 1. The Hall–Kier alpha value is -1.59. The standard InChI is InChI=1S/C25H37FN2O2/c1-18-7-8-22(13-18)30-25-15-24(23(26)14-19(25)2)27-16-20-5-3-4-6-21(20)17-28-9-11-29-12-10-28/h14-15,18,22,27H,3-13,16-17H2,1-2H3. The van der Waals surface area contributed by atoms with Gasteiger partial charge in [-0.15, -0.1) is 0 Å². The zero-order valence-electron chi connectivity index (χ0n) is 18.6. The van der Waals surface area contributed by atoms with Crippen molar-refractivity contribution in [1.82, 2.24) is 4.90 Å². The Morgan fingerprint density at radius 1 is 1.13 bits per heavy atom. The van der Waals surface area contributed by atoms with Crippen LogP contribution in [0.2, 0.25) is 0 Å². The van der Waals surface area contributed by atoms with Gasteiger partial charge in [0, 0.05) is 32.2 Å². The van der Waals surface area contributed by atoms with Gasteiger partial charge in [-0.25, -0.2) is 4.39 Å². The number of aryl methyl sites for hydroxylation is 1. The highest BCUT2D eigenvalue weighted by Gasteiger charge is 2.24. The van der Waals surface area contributed by atoms with Gasteiger partial charge in [0.05, 0.1) is 25.0 Å². The summed E-state index contributed by atoms with van der Waals surface area (Å²) in [6.45, 7) is 9.65. The third kappa shape index (κ3) is 5.55. The second kappa shape index (κ2) is 10.1.